The first-order chi connectivity index (χ1) is 18.3. The van der Waals surface area contributed by atoms with Crippen LogP contribution in [0.4, 0.5) is 11.4 Å². The number of hydrogen-bond donors (Lipinski definition) is 2. The van der Waals surface area contributed by atoms with Crippen molar-refractivity contribution in [3.05, 3.63) is 107 Å². The largest absolute Gasteiger partial charge is 0.483 e. The number of amides is 2. The van der Waals surface area contributed by atoms with Crippen LogP contribution >= 0.6 is 0 Å². The van der Waals surface area contributed by atoms with Crippen molar-refractivity contribution < 1.29 is 19.1 Å². The van der Waals surface area contributed by atoms with Gasteiger partial charge in [0.1, 0.15) is 11.5 Å². The average molecular weight is 509 g/mol. The normalized spacial score (nSPS) is 10.5. The number of rotatable bonds is 9. The van der Waals surface area contributed by atoms with E-state index in [1.165, 1.54) is 0 Å². The lowest BCUT2D eigenvalue weighted by Crippen LogP contribution is -2.21. The second kappa shape index (κ2) is 12.1. The summed E-state index contributed by atoms with van der Waals surface area (Å²) in [5.41, 5.74) is 7.35. The first kappa shape index (κ1) is 26.5. The first-order valence-corrected chi connectivity index (χ1v) is 12.5. The summed E-state index contributed by atoms with van der Waals surface area (Å²) in [6, 6.07) is 27.0. The van der Waals surface area contributed by atoms with Gasteiger partial charge in [0.05, 0.1) is 0 Å². The maximum absolute atomic E-state index is 12.4. The molecule has 0 aliphatic rings. The summed E-state index contributed by atoms with van der Waals surface area (Å²) in [5.74, 6) is 0.963. The lowest BCUT2D eigenvalue weighted by atomic mass is 10.00. The Bertz CT molecular complexity index is 1350. The average Bonchev–Trinajstić information content (AvgIpc) is 2.90. The Morgan fingerprint density at radius 1 is 0.553 bits per heavy atom. The van der Waals surface area contributed by atoms with Gasteiger partial charge in [-0.2, -0.15) is 0 Å². The Morgan fingerprint density at radius 2 is 0.947 bits per heavy atom. The quantitative estimate of drug-likeness (QED) is 0.266. The third-order valence-electron chi connectivity index (χ3n) is 6.24. The number of carbonyl (C=O) groups excluding carboxylic acids is 2. The number of carbonyl (C=O) groups is 2. The Hall–Kier alpha value is -4.58. The molecular weight excluding hydrogens is 476 g/mol. The predicted octanol–water partition coefficient (Wildman–Crippen LogP) is 6.62. The van der Waals surface area contributed by atoms with Crippen LogP contribution in [0.25, 0.3) is 11.1 Å². The lowest BCUT2D eigenvalue weighted by molar-refractivity contribution is -0.118. The lowest BCUT2D eigenvalue weighted by Gasteiger charge is -2.14. The molecule has 2 N–H and O–H groups in total. The Labute approximate surface area is 223 Å². The number of anilines is 2. The van der Waals surface area contributed by atoms with Crippen LogP contribution in [-0.4, -0.2) is 25.0 Å². The molecule has 0 aromatic heterocycles. The van der Waals surface area contributed by atoms with Gasteiger partial charge in [-0.25, -0.2) is 0 Å². The zero-order chi connectivity index (χ0) is 27.1. The Kier molecular flexibility index (Phi) is 8.44. The van der Waals surface area contributed by atoms with E-state index in [4.69, 9.17) is 9.47 Å². The van der Waals surface area contributed by atoms with Gasteiger partial charge in [0.2, 0.25) is 0 Å². The number of ether oxygens (including phenoxy) is 2. The number of nitrogens with one attached hydrogen (secondary N) is 2. The van der Waals surface area contributed by atoms with Crippen LogP contribution in [0.3, 0.4) is 0 Å². The monoisotopic (exact) mass is 508 g/mol. The van der Waals surface area contributed by atoms with Crippen LogP contribution in [0, 0.1) is 27.7 Å². The van der Waals surface area contributed by atoms with Gasteiger partial charge in [-0.3, -0.25) is 9.59 Å². The second-order valence-electron chi connectivity index (χ2n) is 9.26. The standard InChI is InChI=1S/C32H32N2O4/c1-21-9-5-7-11-29(21)37-19-31(35)33-27-15-13-25(17-23(27)3)26-14-16-28(24(4)18-26)34-32(36)20-38-30-12-8-6-10-22(30)2/h5-18H,19-20H2,1-4H3,(H,33,35)(H,34,36). The van der Waals surface area contributed by atoms with Gasteiger partial charge in [-0.05, 0) is 97.5 Å². The summed E-state index contributed by atoms with van der Waals surface area (Å²) in [7, 11) is 0. The molecule has 0 fully saturated rings. The summed E-state index contributed by atoms with van der Waals surface area (Å²) in [5, 5.41) is 5.85. The Balaban J connectivity index is 1.35. The number of hydrogen-bond acceptors (Lipinski definition) is 4. The van der Waals surface area contributed by atoms with Crippen molar-refractivity contribution in [1.29, 1.82) is 0 Å². The number of para-hydroxylation sites is 2. The molecule has 0 atom stereocenters. The number of aryl methyl sites for hydroxylation is 4. The van der Waals surface area contributed by atoms with E-state index in [0.29, 0.717) is 11.5 Å². The van der Waals surface area contributed by atoms with Crippen molar-refractivity contribution in [2.45, 2.75) is 27.7 Å². The van der Waals surface area contributed by atoms with Crippen LogP contribution in [0.5, 0.6) is 11.5 Å². The predicted molar refractivity (Wildman–Crippen MR) is 152 cm³/mol. The van der Waals surface area contributed by atoms with Crippen LogP contribution in [-0.2, 0) is 9.59 Å². The maximum atomic E-state index is 12.4. The molecule has 38 heavy (non-hydrogen) atoms. The van der Waals surface area contributed by atoms with Gasteiger partial charge in [0.15, 0.2) is 13.2 Å². The summed E-state index contributed by atoms with van der Waals surface area (Å²) in [4.78, 5) is 24.9. The topological polar surface area (TPSA) is 76.7 Å². The first-order valence-electron chi connectivity index (χ1n) is 12.5. The van der Waals surface area contributed by atoms with E-state index in [0.717, 1.165) is 44.8 Å². The molecule has 0 saturated heterocycles. The molecule has 4 aromatic carbocycles. The highest BCUT2D eigenvalue weighted by atomic mass is 16.5. The molecule has 0 spiro atoms. The van der Waals surface area contributed by atoms with Gasteiger partial charge in [0.25, 0.3) is 11.8 Å². The fraction of sp³-hybridized carbons (Fsp3) is 0.188. The molecular formula is C32H32N2O4. The maximum Gasteiger partial charge on any atom is 0.262 e. The van der Waals surface area contributed by atoms with Crippen molar-refractivity contribution in [1.82, 2.24) is 0 Å². The smallest absolute Gasteiger partial charge is 0.262 e. The minimum Gasteiger partial charge on any atom is -0.483 e. The molecule has 0 bridgehead atoms. The van der Waals surface area contributed by atoms with Gasteiger partial charge < -0.3 is 20.1 Å². The van der Waals surface area contributed by atoms with Gasteiger partial charge in [-0.1, -0.05) is 48.5 Å². The third-order valence-corrected chi connectivity index (χ3v) is 6.24. The van der Waals surface area contributed by atoms with E-state index in [1.807, 2.05) is 113 Å². The van der Waals surface area contributed by atoms with Crippen molar-refractivity contribution >= 4 is 23.2 Å². The highest BCUT2D eigenvalue weighted by Crippen LogP contribution is 2.28. The second-order valence-corrected chi connectivity index (χ2v) is 9.26. The van der Waals surface area contributed by atoms with Crippen molar-refractivity contribution in [3.8, 4) is 22.6 Å². The fourth-order valence-corrected chi connectivity index (χ4v) is 4.06. The molecule has 0 radical (unpaired) electrons. The van der Waals surface area contributed by atoms with E-state index < -0.39 is 0 Å². The van der Waals surface area contributed by atoms with Gasteiger partial charge in [0, 0.05) is 11.4 Å². The molecule has 6 heteroatoms. The Morgan fingerprint density at radius 3 is 1.32 bits per heavy atom. The highest BCUT2D eigenvalue weighted by Gasteiger charge is 2.11. The molecule has 0 saturated carbocycles. The van der Waals surface area contributed by atoms with Gasteiger partial charge >= 0.3 is 0 Å². The molecule has 6 nitrogen and oxygen atoms in total. The van der Waals surface area contributed by atoms with E-state index in [-0.39, 0.29) is 25.0 Å². The van der Waals surface area contributed by atoms with E-state index >= 15 is 0 Å². The fourth-order valence-electron chi connectivity index (χ4n) is 4.06. The summed E-state index contributed by atoms with van der Waals surface area (Å²) in [6.45, 7) is 7.68. The van der Waals surface area contributed by atoms with Crippen LogP contribution in [0.1, 0.15) is 22.3 Å². The zero-order valence-corrected chi connectivity index (χ0v) is 22.1. The van der Waals surface area contributed by atoms with Crippen molar-refractivity contribution in [2.24, 2.45) is 0 Å². The molecule has 0 aliphatic carbocycles. The van der Waals surface area contributed by atoms with E-state index in [9.17, 15) is 9.59 Å². The van der Waals surface area contributed by atoms with Crippen LogP contribution < -0.4 is 20.1 Å². The van der Waals surface area contributed by atoms with E-state index in [2.05, 4.69) is 10.6 Å². The SMILES string of the molecule is Cc1cc(-c2ccc(NC(=O)COc3ccccc3C)c(C)c2)ccc1NC(=O)COc1ccccc1C. The molecule has 0 unspecified atom stereocenters. The summed E-state index contributed by atoms with van der Waals surface area (Å²) < 4.78 is 11.3. The minimum absolute atomic E-state index is 0.0611. The zero-order valence-electron chi connectivity index (χ0n) is 22.1. The third kappa shape index (κ3) is 6.79. The molecule has 0 aliphatic heterocycles. The van der Waals surface area contributed by atoms with Gasteiger partial charge in [-0.15, -0.1) is 0 Å². The van der Waals surface area contributed by atoms with Crippen LogP contribution in [0.2, 0.25) is 0 Å². The number of benzene rings is 4. The molecule has 194 valence electrons. The molecule has 4 aromatic rings. The summed E-state index contributed by atoms with van der Waals surface area (Å²) in [6.07, 6.45) is 0. The minimum atomic E-state index is -0.216. The summed E-state index contributed by atoms with van der Waals surface area (Å²) >= 11 is 0. The van der Waals surface area contributed by atoms with Crippen molar-refractivity contribution in [3.63, 3.8) is 0 Å². The molecule has 2 amide bonds. The molecule has 0 heterocycles. The van der Waals surface area contributed by atoms with Crippen molar-refractivity contribution in [2.75, 3.05) is 23.8 Å². The van der Waals surface area contributed by atoms with Crippen LogP contribution in [0.15, 0.2) is 84.9 Å². The highest BCUT2D eigenvalue weighted by molar-refractivity contribution is 5.94. The van der Waals surface area contributed by atoms with E-state index in [1.54, 1.807) is 0 Å². The molecule has 4 rings (SSSR count).